The summed E-state index contributed by atoms with van der Waals surface area (Å²) < 4.78 is 31.3. The normalized spacial score (nSPS) is 19.9. The van der Waals surface area contributed by atoms with Crippen molar-refractivity contribution >= 4 is 5.78 Å². The van der Waals surface area contributed by atoms with Crippen LogP contribution in [0.5, 0.6) is 11.6 Å². The van der Waals surface area contributed by atoms with Crippen LogP contribution in [0.2, 0.25) is 0 Å². The molecule has 3 rings (SSSR count). The third-order valence-corrected chi connectivity index (χ3v) is 5.08. The van der Waals surface area contributed by atoms with Crippen LogP contribution in [0.25, 0.3) is 11.4 Å². The average molecular weight is 417 g/mol. The molecule has 0 amide bonds. The minimum atomic E-state index is -0.539. The molecule has 30 heavy (non-hydrogen) atoms. The highest BCUT2D eigenvalue weighted by atomic mass is 19.1. The molecule has 0 bridgehead atoms. The minimum absolute atomic E-state index is 0.00768. The molecule has 1 aliphatic carbocycles. The molecular formula is C22H28FN3O4. The van der Waals surface area contributed by atoms with Crippen LogP contribution in [-0.2, 0) is 9.53 Å². The Bertz CT molecular complexity index is 839. The van der Waals surface area contributed by atoms with Crippen molar-refractivity contribution in [1.82, 2.24) is 15.0 Å². The van der Waals surface area contributed by atoms with Crippen LogP contribution in [0.4, 0.5) is 4.39 Å². The first-order valence-electron chi connectivity index (χ1n) is 10.2. The lowest BCUT2D eigenvalue weighted by Gasteiger charge is -2.29. The molecule has 1 aliphatic rings. The predicted molar refractivity (Wildman–Crippen MR) is 109 cm³/mol. The first-order chi connectivity index (χ1) is 14.4. The lowest BCUT2D eigenvalue weighted by atomic mass is 9.94. The Morgan fingerprint density at radius 3 is 2.40 bits per heavy atom. The van der Waals surface area contributed by atoms with Gasteiger partial charge in [-0.2, -0.15) is 0 Å². The van der Waals surface area contributed by atoms with Crippen molar-refractivity contribution in [3.63, 3.8) is 0 Å². The third kappa shape index (κ3) is 6.19. The minimum Gasteiger partial charge on any atom is -0.494 e. The maximum Gasteiger partial charge on any atom is 0.250 e. The summed E-state index contributed by atoms with van der Waals surface area (Å²) in [4.78, 5) is 23.6. The van der Waals surface area contributed by atoms with E-state index in [1.165, 1.54) is 31.8 Å². The molecule has 1 saturated carbocycles. The van der Waals surface area contributed by atoms with Gasteiger partial charge in [0.2, 0.25) is 0 Å². The number of Topliss-reactive ketones (excluding diaryl/α,β-unsaturated/α-hetero) is 1. The molecule has 0 spiro atoms. The number of rotatable bonds is 9. The van der Waals surface area contributed by atoms with E-state index in [1.807, 2.05) is 6.92 Å². The maximum absolute atomic E-state index is 14.5. The van der Waals surface area contributed by atoms with Gasteiger partial charge in [0.15, 0.2) is 17.4 Å². The quantitative estimate of drug-likeness (QED) is 0.609. The van der Waals surface area contributed by atoms with E-state index in [4.69, 9.17) is 14.2 Å². The maximum atomic E-state index is 14.5. The van der Waals surface area contributed by atoms with Gasteiger partial charge in [-0.05, 0) is 44.6 Å². The second-order valence-electron chi connectivity index (χ2n) is 7.82. The van der Waals surface area contributed by atoms with E-state index in [0.29, 0.717) is 30.2 Å². The van der Waals surface area contributed by atoms with Crippen LogP contribution in [0.3, 0.4) is 0 Å². The number of hydrogen-bond donors (Lipinski definition) is 0. The molecule has 2 heterocycles. The Hall–Kier alpha value is -2.61. The number of methoxy groups -OCH3 is 1. The van der Waals surface area contributed by atoms with Gasteiger partial charge in [-0.25, -0.2) is 19.3 Å². The number of carbonyl (C=O) groups is 1. The molecular weight excluding hydrogens is 389 g/mol. The van der Waals surface area contributed by atoms with Gasteiger partial charge in [-0.1, -0.05) is 6.92 Å². The van der Waals surface area contributed by atoms with E-state index in [2.05, 4.69) is 15.0 Å². The monoisotopic (exact) mass is 417 g/mol. The molecule has 162 valence electrons. The second kappa shape index (κ2) is 10.4. The van der Waals surface area contributed by atoms with Crippen LogP contribution >= 0.6 is 0 Å². The van der Waals surface area contributed by atoms with E-state index < -0.39 is 5.82 Å². The van der Waals surface area contributed by atoms with Gasteiger partial charge in [0.25, 0.3) is 5.88 Å². The Kier molecular flexibility index (Phi) is 7.68. The van der Waals surface area contributed by atoms with Gasteiger partial charge < -0.3 is 19.0 Å². The number of nitrogens with zero attached hydrogens (tertiary/aromatic N) is 3. The van der Waals surface area contributed by atoms with E-state index >= 15 is 0 Å². The fourth-order valence-electron chi connectivity index (χ4n) is 3.53. The van der Waals surface area contributed by atoms with Crippen molar-refractivity contribution in [1.29, 1.82) is 0 Å². The van der Waals surface area contributed by atoms with Crippen molar-refractivity contribution in [2.45, 2.75) is 58.2 Å². The zero-order valence-electron chi connectivity index (χ0n) is 17.6. The van der Waals surface area contributed by atoms with Gasteiger partial charge in [0.1, 0.15) is 11.9 Å². The van der Waals surface area contributed by atoms with E-state index in [1.54, 1.807) is 6.92 Å². The zero-order chi connectivity index (χ0) is 21.5. The van der Waals surface area contributed by atoms with Crippen LogP contribution in [0.1, 0.15) is 46.0 Å². The van der Waals surface area contributed by atoms with E-state index in [9.17, 15) is 9.18 Å². The Morgan fingerprint density at radius 2 is 1.80 bits per heavy atom. The van der Waals surface area contributed by atoms with Gasteiger partial charge in [0.05, 0.1) is 25.6 Å². The summed E-state index contributed by atoms with van der Waals surface area (Å²) >= 11 is 0. The summed E-state index contributed by atoms with van der Waals surface area (Å²) in [6.07, 6.45) is 8.39. The molecule has 1 atom stereocenters. The highest BCUT2D eigenvalue weighted by molar-refractivity contribution is 5.75. The van der Waals surface area contributed by atoms with Crippen molar-refractivity contribution in [2.24, 2.45) is 5.92 Å². The topological polar surface area (TPSA) is 83.4 Å². The molecule has 0 unspecified atom stereocenters. The van der Waals surface area contributed by atoms with Crippen LogP contribution in [-0.4, -0.2) is 46.7 Å². The van der Waals surface area contributed by atoms with Gasteiger partial charge in [-0.3, -0.25) is 0 Å². The standard InChI is InChI=1S/C22H28FN3O4/c1-14(8-15(2)27)13-29-17-4-6-18(7-5-17)30-22-20(23)9-16(10-26-22)21-24-11-19(28-3)12-25-21/h9-12,14,17-18H,4-8,13H2,1-3H3/t14-,17?,18?/m1/s1. The molecule has 7 nitrogen and oxygen atoms in total. The molecule has 8 heteroatoms. The lowest BCUT2D eigenvalue weighted by Crippen LogP contribution is -2.30. The van der Waals surface area contributed by atoms with E-state index in [0.717, 1.165) is 25.7 Å². The predicted octanol–water partition coefficient (Wildman–Crippen LogP) is 4.01. The van der Waals surface area contributed by atoms with Crippen molar-refractivity contribution in [3.05, 3.63) is 30.5 Å². The Morgan fingerprint density at radius 1 is 1.13 bits per heavy atom. The highest BCUT2D eigenvalue weighted by Crippen LogP contribution is 2.28. The summed E-state index contributed by atoms with van der Waals surface area (Å²) in [6.45, 7) is 4.20. The number of pyridine rings is 1. The summed E-state index contributed by atoms with van der Waals surface area (Å²) in [7, 11) is 1.53. The van der Waals surface area contributed by atoms with Crippen molar-refractivity contribution < 1.29 is 23.4 Å². The van der Waals surface area contributed by atoms with Crippen molar-refractivity contribution in [2.75, 3.05) is 13.7 Å². The van der Waals surface area contributed by atoms with Gasteiger partial charge in [0, 0.05) is 24.8 Å². The molecule has 0 saturated heterocycles. The Labute approximate surface area is 176 Å². The van der Waals surface area contributed by atoms with Gasteiger partial charge >= 0.3 is 0 Å². The summed E-state index contributed by atoms with van der Waals surface area (Å²) in [5.41, 5.74) is 0.472. The largest absolute Gasteiger partial charge is 0.494 e. The zero-order valence-corrected chi connectivity index (χ0v) is 17.6. The summed E-state index contributed by atoms with van der Waals surface area (Å²) in [6, 6.07) is 1.33. The smallest absolute Gasteiger partial charge is 0.250 e. The number of halogens is 1. The third-order valence-electron chi connectivity index (χ3n) is 5.08. The molecule has 0 aliphatic heterocycles. The Balaban J connectivity index is 1.49. The first-order valence-corrected chi connectivity index (χ1v) is 10.2. The molecule has 0 radical (unpaired) electrons. The first kappa shape index (κ1) is 22.1. The number of aromatic nitrogens is 3. The average Bonchev–Trinajstić information content (AvgIpc) is 2.74. The number of ketones is 1. The fraction of sp³-hybridized carbons (Fsp3) is 0.545. The van der Waals surface area contributed by atoms with Crippen LogP contribution < -0.4 is 9.47 Å². The molecule has 0 N–H and O–H groups in total. The molecule has 1 fully saturated rings. The van der Waals surface area contributed by atoms with Crippen LogP contribution in [0, 0.1) is 11.7 Å². The summed E-state index contributed by atoms with van der Waals surface area (Å²) in [5.74, 6) is 0.755. The van der Waals surface area contributed by atoms with Gasteiger partial charge in [-0.15, -0.1) is 0 Å². The number of ether oxygens (including phenoxy) is 3. The number of hydrogen-bond acceptors (Lipinski definition) is 7. The van der Waals surface area contributed by atoms with E-state index in [-0.39, 0.29) is 29.8 Å². The molecule has 2 aromatic heterocycles. The highest BCUT2D eigenvalue weighted by Gasteiger charge is 2.25. The molecule has 2 aromatic rings. The molecule has 0 aromatic carbocycles. The number of carbonyl (C=O) groups excluding carboxylic acids is 1. The fourth-order valence-corrected chi connectivity index (χ4v) is 3.53. The second-order valence-corrected chi connectivity index (χ2v) is 7.82. The lowest BCUT2D eigenvalue weighted by molar-refractivity contribution is -0.118. The SMILES string of the molecule is COc1cnc(-c2cnc(OC3CCC(OC[C@H](C)CC(C)=O)CC3)c(F)c2)nc1. The van der Waals surface area contributed by atoms with Crippen LogP contribution in [0.15, 0.2) is 24.7 Å². The van der Waals surface area contributed by atoms with Crippen molar-refractivity contribution in [3.8, 4) is 23.0 Å². The summed E-state index contributed by atoms with van der Waals surface area (Å²) in [5, 5.41) is 0.